The van der Waals surface area contributed by atoms with Crippen molar-refractivity contribution >= 4 is 17.4 Å². The number of hydrogen-bond acceptors (Lipinski definition) is 4. The number of piperidine rings is 1. The molecule has 1 amide bonds. The highest BCUT2D eigenvalue weighted by Crippen LogP contribution is 2.25. The van der Waals surface area contributed by atoms with Gasteiger partial charge in [0, 0.05) is 24.3 Å². The predicted molar refractivity (Wildman–Crippen MR) is 126 cm³/mol. The van der Waals surface area contributed by atoms with Crippen LogP contribution in [0.3, 0.4) is 0 Å². The highest BCUT2D eigenvalue weighted by molar-refractivity contribution is 5.93. The first-order valence-corrected chi connectivity index (χ1v) is 11.1. The molecule has 1 N–H and O–H groups in total. The molecule has 0 bridgehead atoms. The number of benzene rings is 2. The number of rotatable bonds is 5. The van der Waals surface area contributed by atoms with Gasteiger partial charge in [0.2, 0.25) is 5.91 Å². The van der Waals surface area contributed by atoms with E-state index in [0.29, 0.717) is 12.5 Å². The third kappa shape index (κ3) is 5.10. The number of amides is 1. The highest BCUT2D eigenvalue weighted by Gasteiger charge is 2.27. The lowest BCUT2D eigenvalue weighted by Gasteiger charge is -2.32. The van der Waals surface area contributed by atoms with E-state index in [0.717, 1.165) is 42.1 Å². The molecule has 1 aliphatic heterocycles. The first-order chi connectivity index (χ1) is 15.0. The maximum absolute atomic E-state index is 12.9. The van der Waals surface area contributed by atoms with Gasteiger partial charge in [-0.15, -0.1) is 10.2 Å². The minimum absolute atomic E-state index is 0.0582. The smallest absolute Gasteiger partial charge is 0.229 e. The third-order valence-corrected chi connectivity index (χ3v) is 5.96. The number of nitrogens with one attached hydrogen (secondary N) is 1. The van der Waals surface area contributed by atoms with Crippen molar-refractivity contribution in [3.63, 3.8) is 0 Å². The van der Waals surface area contributed by atoms with E-state index in [4.69, 9.17) is 0 Å². The molecule has 1 saturated heterocycles. The van der Waals surface area contributed by atoms with Crippen LogP contribution in [-0.2, 0) is 4.79 Å². The molecule has 1 atom stereocenters. The number of carbonyl (C=O) groups is 1. The fraction of sp³-hybridized carbons (Fsp3) is 0.346. The van der Waals surface area contributed by atoms with Gasteiger partial charge in [0.25, 0.3) is 0 Å². The standard InChI is InChI=1S/C26H30N4O/c1-18(2)20-10-12-23(13-11-20)27-26(31)22-5-4-16-30(17-22)25-15-14-24(28-29-25)21-8-6-19(3)7-9-21/h6-15,18,22H,4-5,16-17H2,1-3H3,(H,27,31). The Bertz CT molecular complexity index is 1010. The Morgan fingerprint density at radius 3 is 2.39 bits per heavy atom. The van der Waals surface area contributed by atoms with Gasteiger partial charge < -0.3 is 10.2 Å². The summed E-state index contributed by atoms with van der Waals surface area (Å²) in [4.78, 5) is 15.0. The van der Waals surface area contributed by atoms with Crippen LogP contribution in [0.25, 0.3) is 11.3 Å². The molecule has 0 aliphatic carbocycles. The molecule has 2 aromatic carbocycles. The van der Waals surface area contributed by atoms with E-state index >= 15 is 0 Å². The van der Waals surface area contributed by atoms with E-state index in [1.807, 2.05) is 24.3 Å². The van der Waals surface area contributed by atoms with Crippen molar-refractivity contribution in [2.45, 2.75) is 39.5 Å². The third-order valence-electron chi connectivity index (χ3n) is 5.96. The first kappa shape index (κ1) is 21.0. The summed E-state index contributed by atoms with van der Waals surface area (Å²) in [5, 5.41) is 12.0. The molecule has 0 saturated carbocycles. The van der Waals surface area contributed by atoms with Gasteiger partial charge in [-0.05, 0) is 55.5 Å². The lowest BCUT2D eigenvalue weighted by Crippen LogP contribution is -2.41. The minimum Gasteiger partial charge on any atom is -0.354 e. The quantitative estimate of drug-likeness (QED) is 0.605. The fourth-order valence-corrected chi connectivity index (χ4v) is 3.97. The molecule has 1 fully saturated rings. The monoisotopic (exact) mass is 414 g/mol. The zero-order valence-electron chi connectivity index (χ0n) is 18.5. The Hall–Kier alpha value is -3.21. The summed E-state index contributed by atoms with van der Waals surface area (Å²) in [6.07, 6.45) is 1.85. The molecular weight excluding hydrogens is 384 g/mol. The molecule has 1 unspecified atom stereocenters. The van der Waals surface area contributed by atoms with Gasteiger partial charge >= 0.3 is 0 Å². The van der Waals surface area contributed by atoms with E-state index in [1.54, 1.807) is 0 Å². The molecule has 31 heavy (non-hydrogen) atoms. The molecule has 3 aromatic rings. The molecule has 1 aliphatic rings. The van der Waals surface area contributed by atoms with Crippen LogP contribution in [0.5, 0.6) is 0 Å². The molecule has 4 rings (SSSR count). The number of aryl methyl sites for hydroxylation is 1. The van der Waals surface area contributed by atoms with E-state index in [-0.39, 0.29) is 11.8 Å². The largest absolute Gasteiger partial charge is 0.354 e. The maximum atomic E-state index is 12.9. The molecule has 0 radical (unpaired) electrons. The first-order valence-electron chi connectivity index (χ1n) is 11.1. The molecule has 0 spiro atoms. The number of carbonyl (C=O) groups excluding carboxylic acids is 1. The summed E-state index contributed by atoms with van der Waals surface area (Å²) in [5.41, 5.74) is 5.27. The normalized spacial score (nSPS) is 16.4. The predicted octanol–water partition coefficient (Wildman–Crippen LogP) is 5.43. The van der Waals surface area contributed by atoms with Gasteiger partial charge in [-0.3, -0.25) is 4.79 Å². The Kier molecular flexibility index (Phi) is 6.31. The van der Waals surface area contributed by atoms with Crippen LogP contribution in [0.2, 0.25) is 0 Å². The fourth-order valence-electron chi connectivity index (χ4n) is 3.97. The highest BCUT2D eigenvalue weighted by atomic mass is 16.1. The van der Waals surface area contributed by atoms with Crippen LogP contribution in [0.15, 0.2) is 60.7 Å². The van der Waals surface area contributed by atoms with E-state index < -0.39 is 0 Å². The van der Waals surface area contributed by atoms with E-state index in [1.165, 1.54) is 11.1 Å². The number of hydrogen-bond donors (Lipinski definition) is 1. The lowest BCUT2D eigenvalue weighted by atomic mass is 9.96. The van der Waals surface area contributed by atoms with Crippen molar-refractivity contribution in [1.29, 1.82) is 0 Å². The minimum atomic E-state index is -0.0582. The second-order valence-corrected chi connectivity index (χ2v) is 8.69. The van der Waals surface area contributed by atoms with E-state index in [9.17, 15) is 4.79 Å². The summed E-state index contributed by atoms with van der Waals surface area (Å²) in [6, 6.07) is 20.4. The summed E-state index contributed by atoms with van der Waals surface area (Å²) in [7, 11) is 0. The Morgan fingerprint density at radius 2 is 1.74 bits per heavy atom. The van der Waals surface area contributed by atoms with Crippen LogP contribution >= 0.6 is 0 Å². The lowest BCUT2D eigenvalue weighted by molar-refractivity contribution is -0.120. The molecule has 5 heteroatoms. The van der Waals surface area contributed by atoms with Crippen molar-refractivity contribution in [2.24, 2.45) is 5.92 Å². The van der Waals surface area contributed by atoms with Crippen LogP contribution in [0.4, 0.5) is 11.5 Å². The van der Waals surface area contributed by atoms with Crippen molar-refractivity contribution < 1.29 is 4.79 Å². The number of nitrogens with zero attached hydrogens (tertiary/aromatic N) is 3. The molecule has 5 nitrogen and oxygen atoms in total. The SMILES string of the molecule is Cc1ccc(-c2ccc(N3CCCC(C(=O)Nc4ccc(C(C)C)cc4)C3)nn2)cc1. The van der Waals surface area contributed by atoms with Crippen LogP contribution in [-0.4, -0.2) is 29.2 Å². The Balaban J connectivity index is 1.39. The van der Waals surface area contributed by atoms with E-state index in [2.05, 4.69) is 77.6 Å². The van der Waals surface area contributed by atoms with Crippen molar-refractivity contribution in [2.75, 3.05) is 23.3 Å². The zero-order chi connectivity index (χ0) is 21.8. The van der Waals surface area contributed by atoms with Crippen molar-refractivity contribution in [3.05, 3.63) is 71.8 Å². The Labute approximate surface area is 184 Å². The van der Waals surface area contributed by atoms with Crippen LogP contribution in [0.1, 0.15) is 43.7 Å². The second kappa shape index (κ2) is 9.29. The van der Waals surface area contributed by atoms with Crippen LogP contribution in [0, 0.1) is 12.8 Å². The van der Waals surface area contributed by atoms with Gasteiger partial charge in [-0.25, -0.2) is 0 Å². The molecule has 160 valence electrons. The molecular formula is C26H30N4O. The average Bonchev–Trinajstić information content (AvgIpc) is 2.80. The summed E-state index contributed by atoms with van der Waals surface area (Å²) in [6.45, 7) is 7.96. The Morgan fingerprint density at radius 1 is 1.00 bits per heavy atom. The zero-order valence-corrected chi connectivity index (χ0v) is 18.5. The second-order valence-electron chi connectivity index (χ2n) is 8.69. The van der Waals surface area contributed by atoms with Gasteiger partial charge in [-0.1, -0.05) is 55.8 Å². The van der Waals surface area contributed by atoms with Gasteiger partial charge in [0.15, 0.2) is 5.82 Å². The average molecular weight is 415 g/mol. The van der Waals surface area contributed by atoms with Gasteiger partial charge in [-0.2, -0.15) is 0 Å². The van der Waals surface area contributed by atoms with Crippen molar-refractivity contribution in [1.82, 2.24) is 10.2 Å². The maximum Gasteiger partial charge on any atom is 0.229 e. The number of aromatic nitrogens is 2. The van der Waals surface area contributed by atoms with Crippen LogP contribution < -0.4 is 10.2 Å². The molecule has 2 heterocycles. The van der Waals surface area contributed by atoms with Crippen molar-refractivity contribution in [3.8, 4) is 11.3 Å². The summed E-state index contributed by atoms with van der Waals surface area (Å²) < 4.78 is 0. The number of anilines is 2. The summed E-state index contributed by atoms with van der Waals surface area (Å²) in [5.74, 6) is 1.33. The summed E-state index contributed by atoms with van der Waals surface area (Å²) >= 11 is 0. The van der Waals surface area contributed by atoms with Gasteiger partial charge in [0.05, 0.1) is 11.6 Å². The topological polar surface area (TPSA) is 58.1 Å². The molecule has 1 aromatic heterocycles. The van der Waals surface area contributed by atoms with Gasteiger partial charge in [0.1, 0.15) is 0 Å².